The summed E-state index contributed by atoms with van der Waals surface area (Å²) < 4.78 is 26.4. The first-order valence-corrected chi connectivity index (χ1v) is 8.61. The Labute approximate surface area is 153 Å². The molecule has 1 aromatic carbocycles. The lowest BCUT2D eigenvalue weighted by molar-refractivity contribution is 0.182. The van der Waals surface area contributed by atoms with Crippen LogP contribution in [0, 0.1) is 5.82 Å². The molecule has 0 spiro atoms. The molecular weight excluding hydrogens is 349 g/mol. The molecule has 1 aliphatic heterocycles. The number of hydrogen-bond donors (Lipinski definition) is 0. The van der Waals surface area contributed by atoms with E-state index in [4.69, 9.17) is 9.26 Å². The lowest BCUT2D eigenvalue weighted by Gasteiger charge is -2.23. The topological polar surface area (TPSA) is 78.9 Å². The molecule has 0 saturated carbocycles. The van der Waals surface area contributed by atoms with Crippen molar-refractivity contribution in [1.29, 1.82) is 0 Å². The third kappa shape index (κ3) is 2.52. The van der Waals surface area contributed by atoms with Crippen LogP contribution in [0.25, 0.3) is 22.6 Å². The van der Waals surface area contributed by atoms with Gasteiger partial charge in [0.1, 0.15) is 11.3 Å². The van der Waals surface area contributed by atoms with Crippen LogP contribution in [0.2, 0.25) is 0 Å². The highest BCUT2D eigenvalue weighted by atomic mass is 19.1. The number of pyridine rings is 1. The third-order valence-corrected chi connectivity index (χ3v) is 5.07. The molecule has 4 heterocycles. The Bertz CT molecular complexity index is 1110. The number of ether oxygens (including phenoxy) is 1. The Morgan fingerprint density at radius 1 is 1.19 bits per heavy atom. The minimum Gasteiger partial charge on any atom is -0.380 e. The minimum absolute atomic E-state index is 0.281. The Morgan fingerprint density at radius 3 is 2.81 bits per heavy atom. The lowest BCUT2D eigenvalue weighted by atomic mass is 9.79. The van der Waals surface area contributed by atoms with Gasteiger partial charge in [-0.05, 0) is 30.2 Å². The second-order valence-electron chi connectivity index (χ2n) is 6.74. The fourth-order valence-corrected chi connectivity index (χ4v) is 3.54. The van der Waals surface area contributed by atoms with Gasteiger partial charge in [0.05, 0.1) is 23.9 Å². The molecule has 3 aromatic heterocycles. The molecule has 1 atom stereocenters. The summed E-state index contributed by atoms with van der Waals surface area (Å²) in [7, 11) is 1.89. The first-order valence-electron chi connectivity index (χ1n) is 8.61. The highest BCUT2D eigenvalue weighted by Gasteiger charge is 2.43. The molecule has 0 amide bonds. The average Bonchev–Trinajstić information content (AvgIpc) is 3.42. The lowest BCUT2D eigenvalue weighted by Crippen LogP contribution is -2.29. The maximum Gasteiger partial charge on any atom is 0.259 e. The first kappa shape index (κ1) is 16.1. The predicted octanol–water partition coefficient (Wildman–Crippen LogP) is 2.86. The summed E-state index contributed by atoms with van der Waals surface area (Å²) in [6.45, 7) is 1.01. The molecule has 4 aromatic rings. The van der Waals surface area contributed by atoms with Gasteiger partial charge in [0, 0.05) is 19.9 Å². The molecule has 8 heteroatoms. The molecule has 136 valence electrons. The molecule has 5 rings (SSSR count). The van der Waals surface area contributed by atoms with Crippen molar-refractivity contribution in [1.82, 2.24) is 24.7 Å². The van der Waals surface area contributed by atoms with Crippen LogP contribution in [-0.4, -0.2) is 37.9 Å². The van der Waals surface area contributed by atoms with Crippen LogP contribution in [0.3, 0.4) is 0 Å². The molecular formula is C19H16FN5O2. The molecule has 1 fully saturated rings. The maximum absolute atomic E-state index is 13.4. The third-order valence-electron chi connectivity index (χ3n) is 5.07. The minimum atomic E-state index is -0.544. The molecule has 0 unspecified atom stereocenters. The van der Waals surface area contributed by atoms with E-state index in [1.807, 2.05) is 17.7 Å². The number of benzene rings is 1. The Balaban J connectivity index is 1.57. The largest absolute Gasteiger partial charge is 0.380 e. The fraction of sp³-hybridized carbons (Fsp3) is 0.263. The molecule has 1 aliphatic rings. The van der Waals surface area contributed by atoms with Crippen molar-refractivity contribution < 1.29 is 13.7 Å². The zero-order valence-electron chi connectivity index (χ0n) is 14.6. The quantitative estimate of drug-likeness (QED) is 0.555. The van der Waals surface area contributed by atoms with E-state index in [2.05, 4.69) is 20.1 Å². The van der Waals surface area contributed by atoms with Gasteiger partial charge in [0.15, 0.2) is 11.5 Å². The highest BCUT2D eigenvalue weighted by Crippen LogP contribution is 2.39. The first-order chi connectivity index (χ1) is 13.2. The van der Waals surface area contributed by atoms with Crippen molar-refractivity contribution >= 4 is 11.2 Å². The number of hydrogen-bond acceptors (Lipinski definition) is 6. The summed E-state index contributed by atoms with van der Waals surface area (Å²) in [6.07, 6.45) is 4.10. The Morgan fingerprint density at radius 2 is 2.04 bits per heavy atom. The average molecular weight is 365 g/mol. The molecule has 1 saturated heterocycles. The summed E-state index contributed by atoms with van der Waals surface area (Å²) >= 11 is 0. The standard InChI is InChI=1S/C19H16FN5O2/c1-25-11-22-15-8-12(9-21-16(15)25)17-23-18(24-27-17)19(6-7-26-10-19)13-2-4-14(20)5-3-13/h2-5,8-9,11H,6-7,10H2,1H3/t19-/m1/s1. The summed E-state index contributed by atoms with van der Waals surface area (Å²) in [4.78, 5) is 13.3. The van der Waals surface area contributed by atoms with Crippen LogP contribution in [-0.2, 0) is 17.2 Å². The van der Waals surface area contributed by atoms with Crippen LogP contribution >= 0.6 is 0 Å². The van der Waals surface area contributed by atoms with Gasteiger partial charge in [-0.2, -0.15) is 4.98 Å². The van der Waals surface area contributed by atoms with Crippen molar-refractivity contribution in [2.45, 2.75) is 11.8 Å². The van der Waals surface area contributed by atoms with Gasteiger partial charge < -0.3 is 13.8 Å². The van der Waals surface area contributed by atoms with E-state index in [1.54, 1.807) is 24.7 Å². The maximum atomic E-state index is 13.4. The van der Waals surface area contributed by atoms with Gasteiger partial charge in [-0.25, -0.2) is 14.4 Å². The van der Waals surface area contributed by atoms with Crippen molar-refractivity contribution in [2.24, 2.45) is 7.05 Å². The second-order valence-corrected chi connectivity index (χ2v) is 6.74. The number of aromatic nitrogens is 5. The van der Waals surface area contributed by atoms with Crippen molar-refractivity contribution in [3.8, 4) is 11.5 Å². The number of halogens is 1. The summed E-state index contributed by atoms with van der Waals surface area (Å²) in [5.41, 5.74) is 2.61. The molecule has 7 nitrogen and oxygen atoms in total. The van der Waals surface area contributed by atoms with E-state index in [1.165, 1.54) is 12.1 Å². The van der Waals surface area contributed by atoms with E-state index < -0.39 is 5.41 Å². The van der Waals surface area contributed by atoms with Crippen LogP contribution in [0.15, 0.2) is 47.4 Å². The van der Waals surface area contributed by atoms with Crippen molar-refractivity contribution in [2.75, 3.05) is 13.2 Å². The molecule has 27 heavy (non-hydrogen) atoms. The van der Waals surface area contributed by atoms with Crippen LogP contribution in [0.1, 0.15) is 17.8 Å². The van der Waals surface area contributed by atoms with Gasteiger partial charge >= 0.3 is 0 Å². The van der Waals surface area contributed by atoms with Crippen LogP contribution in [0.4, 0.5) is 4.39 Å². The monoisotopic (exact) mass is 365 g/mol. The van der Waals surface area contributed by atoms with Crippen molar-refractivity contribution in [3.05, 3.63) is 60.1 Å². The molecule has 0 N–H and O–H groups in total. The highest BCUT2D eigenvalue weighted by molar-refractivity contribution is 5.75. The number of fused-ring (bicyclic) bond motifs is 1. The Kier molecular flexibility index (Phi) is 3.54. The smallest absolute Gasteiger partial charge is 0.259 e. The van der Waals surface area contributed by atoms with Gasteiger partial charge in [-0.15, -0.1) is 0 Å². The summed E-state index contributed by atoms with van der Waals surface area (Å²) in [5, 5.41) is 4.22. The predicted molar refractivity (Wildman–Crippen MR) is 94.4 cm³/mol. The van der Waals surface area contributed by atoms with Gasteiger partial charge in [-0.1, -0.05) is 17.3 Å². The number of imidazole rings is 1. The van der Waals surface area contributed by atoms with Crippen molar-refractivity contribution in [3.63, 3.8) is 0 Å². The Hall–Kier alpha value is -3.13. The zero-order valence-corrected chi connectivity index (χ0v) is 14.6. The SMILES string of the molecule is Cn1cnc2cc(-c3nc([C@]4(c5ccc(F)cc5)CCOC4)no3)cnc21. The van der Waals surface area contributed by atoms with Crippen LogP contribution < -0.4 is 0 Å². The van der Waals surface area contributed by atoms with E-state index in [0.29, 0.717) is 36.9 Å². The van der Waals surface area contributed by atoms with E-state index in [9.17, 15) is 4.39 Å². The van der Waals surface area contributed by atoms with Gasteiger partial charge in [-0.3, -0.25) is 0 Å². The zero-order chi connectivity index (χ0) is 18.4. The number of rotatable bonds is 3. The molecule has 0 aliphatic carbocycles. The normalized spacial score (nSPS) is 19.8. The van der Waals surface area contributed by atoms with E-state index in [-0.39, 0.29) is 5.82 Å². The van der Waals surface area contributed by atoms with Crippen LogP contribution in [0.5, 0.6) is 0 Å². The van der Waals surface area contributed by atoms with Gasteiger partial charge in [0.25, 0.3) is 5.89 Å². The summed E-state index contributed by atoms with van der Waals surface area (Å²) in [6, 6.07) is 8.25. The second kappa shape index (κ2) is 5.95. The number of aryl methyl sites for hydroxylation is 1. The van der Waals surface area contributed by atoms with E-state index >= 15 is 0 Å². The fourth-order valence-electron chi connectivity index (χ4n) is 3.54. The summed E-state index contributed by atoms with van der Waals surface area (Å²) in [5.74, 6) is 0.623. The van der Waals surface area contributed by atoms with E-state index in [0.717, 1.165) is 16.7 Å². The molecule has 0 radical (unpaired) electrons. The van der Waals surface area contributed by atoms with Gasteiger partial charge in [0.2, 0.25) is 0 Å². The number of nitrogens with zero attached hydrogens (tertiary/aromatic N) is 5. The molecule has 0 bridgehead atoms.